The van der Waals surface area contributed by atoms with E-state index in [1.165, 1.54) is 20.8 Å². The fourth-order valence-corrected chi connectivity index (χ4v) is 10.1. The van der Waals surface area contributed by atoms with Crippen LogP contribution in [-0.2, 0) is 33.0 Å². The summed E-state index contributed by atoms with van der Waals surface area (Å²) in [6.45, 7) is 10.5. The molecule has 0 amide bonds. The number of thioether (sulfide) groups is 1. The molecule has 9 heteroatoms. The smallest absolute Gasteiger partial charge is 0.303 e. The first kappa shape index (κ1) is 28.1. The van der Waals surface area contributed by atoms with E-state index in [-0.39, 0.29) is 16.8 Å². The predicted octanol–water partition coefficient (Wildman–Crippen LogP) is 3.43. The molecule has 194 valence electrons. The summed E-state index contributed by atoms with van der Waals surface area (Å²) >= 11 is 0.905. The third kappa shape index (κ3) is 6.26. The molecule has 1 heterocycles. The van der Waals surface area contributed by atoms with Crippen LogP contribution in [0.5, 0.6) is 0 Å². The van der Waals surface area contributed by atoms with Crippen LogP contribution in [0.4, 0.5) is 0 Å². The van der Waals surface area contributed by atoms with Gasteiger partial charge in [-0.05, 0) is 15.4 Å². The molecule has 36 heavy (non-hydrogen) atoms. The molecule has 2 aromatic rings. The van der Waals surface area contributed by atoms with Crippen LogP contribution in [0.2, 0.25) is 5.04 Å². The predicted molar refractivity (Wildman–Crippen MR) is 142 cm³/mol. The maximum absolute atomic E-state index is 12.0. The monoisotopic (exact) mass is 530 g/mol. The zero-order valence-electron chi connectivity index (χ0n) is 21.6. The van der Waals surface area contributed by atoms with Crippen LogP contribution in [0, 0.1) is 0 Å². The summed E-state index contributed by atoms with van der Waals surface area (Å²) in [7, 11) is -2.90. The average molecular weight is 531 g/mol. The zero-order valence-corrected chi connectivity index (χ0v) is 23.4. The molecule has 4 atom stereocenters. The normalized spacial score (nSPS) is 22.2. The highest BCUT2D eigenvalue weighted by atomic mass is 32.2. The Bertz CT molecular complexity index is 1020. The van der Waals surface area contributed by atoms with Crippen molar-refractivity contribution in [2.75, 3.05) is 6.61 Å². The Morgan fingerprint density at radius 3 is 1.72 bits per heavy atom. The molecule has 3 rings (SSSR count). The third-order valence-electron chi connectivity index (χ3n) is 6.03. The summed E-state index contributed by atoms with van der Waals surface area (Å²) in [5, 5.41) is 1.72. The molecule has 0 unspecified atom stereocenters. The van der Waals surface area contributed by atoms with Crippen LogP contribution >= 0.6 is 11.8 Å². The van der Waals surface area contributed by atoms with Crippen molar-refractivity contribution < 1.29 is 33.0 Å². The van der Waals surface area contributed by atoms with Crippen LogP contribution in [0.15, 0.2) is 60.7 Å². The maximum atomic E-state index is 12.0. The highest BCUT2D eigenvalue weighted by Crippen LogP contribution is 2.39. The number of carbonyl (C=O) groups excluding carboxylic acids is 3. The fraction of sp³-hybridized carbons (Fsp3) is 0.444. The van der Waals surface area contributed by atoms with Gasteiger partial charge in [0.05, 0.1) is 6.61 Å². The van der Waals surface area contributed by atoms with Gasteiger partial charge in [-0.1, -0.05) is 93.2 Å². The van der Waals surface area contributed by atoms with Crippen molar-refractivity contribution in [3.8, 4) is 0 Å². The van der Waals surface area contributed by atoms with Gasteiger partial charge in [0.25, 0.3) is 8.32 Å². The molecule has 1 saturated heterocycles. The summed E-state index contributed by atoms with van der Waals surface area (Å²) in [6, 6.07) is 20.3. The van der Waals surface area contributed by atoms with Crippen molar-refractivity contribution in [1.29, 1.82) is 0 Å². The molecule has 0 spiro atoms. The van der Waals surface area contributed by atoms with Crippen LogP contribution < -0.4 is 10.4 Å². The molecule has 1 fully saturated rings. The highest BCUT2D eigenvalue weighted by Gasteiger charge is 2.54. The first-order valence-corrected chi connectivity index (χ1v) is 14.7. The lowest BCUT2D eigenvalue weighted by atomic mass is 10.1. The second-order valence-corrected chi connectivity index (χ2v) is 15.4. The number of esters is 2. The van der Waals surface area contributed by atoms with Crippen LogP contribution in [0.25, 0.3) is 0 Å². The Morgan fingerprint density at radius 2 is 1.31 bits per heavy atom. The van der Waals surface area contributed by atoms with Crippen molar-refractivity contribution in [1.82, 2.24) is 0 Å². The van der Waals surface area contributed by atoms with E-state index in [2.05, 4.69) is 45.0 Å². The van der Waals surface area contributed by atoms with Gasteiger partial charge >= 0.3 is 11.9 Å². The number of hydrogen-bond acceptors (Lipinski definition) is 8. The Kier molecular flexibility index (Phi) is 9.16. The molecule has 0 aliphatic carbocycles. The second-order valence-electron chi connectivity index (χ2n) is 9.77. The Hall–Kier alpha value is -2.46. The zero-order chi connectivity index (χ0) is 26.5. The van der Waals surface area contributed by atoms with Crippen LogP contribution in [-0.4, -0.2) is 55.7 Å². The van der Waals surface area contributed by atoms with Gasteiger partial charge in [-0.2, -0.15) is 0 Å². The van der Waals surface area contributed by atoms with E-state index in [1.807, 2.05) is 36.4 Å². The minimum atomic E-state index is -2.90. The molecule has 0 saturated carbocycles. The van der Waals surface area contributed by atoms with E-state index in [0.717, 1.165) is 22.1 Å². The van der Waals surface area contributed by atoms with Gasteiger partial charge in [0.2, 0.25) is 0 Å². The van der Waals surface area contributed by atoms with Crippen molar-refractivity contribution in [2.45, 2.75) is 70.3 Å². The van der Waals surface area contributed by atoms with Gasteiger partial charge in [0, 0.05) is 20.8 Å². The van der Waals surface area contributed by atoms with E-state index in [1.54, 1.807) is 0 Å². The van der Waals surface area contributed by atoms with E-state index in [4.69, 9.17) is 18.6 Å². The topological polar surface area (TPSA) is 88.1 Å². The average Bonchev–Trinajstić information content (AvgIpc) is 3.09. The molecular formula is C27H34O7SSi. The van der Waals surface area contributed by atoms with Crippen LogP contribution in [0.1, 0.15) is 41.5 Å². The third-order valence-corrected chi connectivity index (χ3v) is 12.0. The van der Waals surface area contributed by atoms with Gasteiger partial charge in [0.15, 0.2) is 22.8 Å². The molecule has 1 aliphatic rings. The lowest BCUT2D eigenvalue weighted by Gasteiger charge is -2.43. The number of ether oxygens (including phenoxy) is 3. The van der Waals surface area contributed by atoms with Gasteiger partial charge in [0.1, 0.15) is 6.10 Å². The van der Waals surface area contributed by atoms with Crippen molar-refractivity contribution in [2.24, 2.45) is 0 Å². The van der Waals surface area contributed by atoms with Gasteiger partial charge in [-0.15, -0.1) is 0 Å². The summed E-state index contributed by atoms with van der Waals surface area (Å²) in [6.07, 6.45) is -2.59. The van der Waals surface area contributed by atoms with E-state index >= 15 is 0 Å². The molecule has 2 aromatic carbocycles. The fourth-order valence-electron chi connectivity index (χ4n) is 4.70. The first-order valence-electron chi connectivity index (χ1n) is 11.9. The lowest BCUT2D eigenvalue weighted by molar-refractivity contribution is -0.163. The first-order chi connectivity index (χ1) is 17.0. The minimum Gasteiger partial charge on any atom is -0.456 e. The number of rotatable bonds is 8. The molecule has 0 radical (unpaired) electrons. The van der Waals surface area contributed by atoms with E-state index in [0.29, 0.717) is 0 Å². The summed E-state index contributed by atoms with van der Waals surface area (Å²) in [4.78, 5) is 35.7. The summed E-state index contributed by atoms with van der Waals surface area (Å²) < 4.78 is 24.2. The largest absolute Gasteiger partial charge is 0.456 e. The molecule has 0 bridgehead atoms. The van der Waals surface area contributed by atoms with Gasteiger partial charge in [-0.3, -0.25) is 14.4 Å². The SMILES string of the molecule is CC(=O)O[C@H]1[C@H](OC(C)=O)[C@@H](CO[Si](c2ccccc2)(c2ccccc2)C(C)(C)C)O[C@@H]1SC(C)=O. The van der Waals surface area contributed by atoms with E-state index in [9.17, 15) is 14.4 Å². The summed E-state index contributed by atoms with van der Waals surface area (Å²) in [5.74, 6) is -1.09. The molecule has 0 N–H and O–H groups in total. The van der Waals surface area contributed by atoms with Crippen LogP contribution in [0.3, 0.4) is 0 Å². The lowest BCUT2D eigenvalue weighted by Crippen LogP contribution is -2.67. The Morgan fingerprint density at radius 1 is 0.833 bits per heavy atom. The van der Waals surface area contributed by atoms with Gasteiger partial charge < -0.3 is 18.6 Å². The highest BCUT2D eigenvalue weighted by molar-refractivity contribution is 8.14. The summed E-state index contributed by atoms with van der Waals surface area (Å²) in [5.41, 5.74) is -0.816. The second kappa shape index (κ2) is 11.7. The Balaban J connectivity index is 2.03. The number of benzene rings is 2. The Labute approximate surface area is 218 Å². The molecular weight excluding hydrogens is 496 g/mol. The molecule has 0 aromatic heterocycles. The van der Waals surface area contributed by atoms with Crippen molar-refractivity contribution in [3.05, 3.63) is 60.7 Å². The minimum absolute atomic E-state index is 0.0813. The standard InChI is InChI=1S/C27H34O7SSi/c1-18(28)32-24-23(34-26(35-20(3)30)25(24)33-19(2)29)17-31-36(27(4,5)6,21-13-9-7-10-14-21)22-15-11-8-12-16-22/h7-16,23-26H,17H2,1-6H3/t23-,24-,25+,26-/m1/s1. The van der Waals surface area contributed by atoms with Gasteiger partial charge in [-0.25, -0.2) is 0 Å². The van der Waals surface area contributed by atoms with Crippen molar-refractivity contribution >= 4 is 47.5 Å². The maximum Gasteiger partial charge on any atom is 0.303 e. The quantitative estimate of drug-likeness (QED) is 0.379. The van der Waals surface area contributed by atoms with E-state index < -0.39 is 44.0 Å². The molecule has 7 nitrogen and oxygen atoms in total. The number of hydrogen-bond donors (Lipinski definition) is 0. The number of carbonyl (C=O) groups is 3. The van der Waals surface area contributed by atoms with Crippen molar-refractivity contribution in [3.63, 3.8) is 0 Å². The molecule has 1 aliphatic heterocycles.